The van der Waals surface area contributed by atoms with Crippen LogP contribution < -0.4 is 20.1 Å². The summed E-state index contributed by atoms with van der Waals surface area (Å²) in [6.07, 6.45) is 1.59. The van der Waals surface area contributed by atoms with Crippen molar-refractivity contribution in [3.63, 3.8) is 0 Å². The van der Waals surface area contributed by atoms with Gasteiger partial charge in [-0.05, 0) is 58.4 Å². The molecule has 2 aromatic carbocycles. The van der Waals surface area contributed by atoms with Crippen molar-refractivity contribution >= 4 is 39.2 Å². The number of pyridine rings is 1. The van der Waals surface area contributed by atoms with Gasteiger partial charge in [-0.2, -0.15) is 0 Å². The minimum absolute atomic E-state index is 0.335. The topological polar surface area (TPSA) is 89.5 Å². The van der Waals surface area contributed by atoms with E-state index in [0.717, 1.165) is 4.47 Å². The summed E-state index contributed by atoms with van der Waals surface area (Å²) >= 11 is 3.30. The maximum Gasteiger partial charge on any atom is 0.259 e. The molecule has 8 heteroatoms. The highest BCUT2D eigenvalue weighted by molar-refractivity contribution is 9.10. The van der Waals surface area contributed by atoms with Crippen LogP contribution in [0.2, 0.25) is 0 Å². The van der Waals surface area contributed by atoms with Gasteiger partial charge in [0.2, 0.25) is 0 Å². The van der Waals surface area contributed by atoms with Crippen LogP contribution in [0.4, 0.5) is 11.5 Å². The molecule has 3 aromatic rings. The van der Waals surface area contributed by atoms with E-state index >= 15 is 0 Å². The first-order chi connectivity index (χ1) is 14.0. The number of aromatic nitrogens is 1. The summed E-state index contributed by atoms with van der Waals surface area (Å²) in [7, 11) is 3.02. The Kier molecular flexibility index (Phi) is 6.46. The quantitative estimate of drug-likeness (QED) is 0.575. The Labute approximate surface area is 176 Å². The summed E-state index contributed by atoms with van der Waals surface area (Å²) < 4.78 is 11.2. The SMILES string of the molecule is COc1ccc(C(=O)Nc2cccc(C(=O)Nc3ccc(Br)cn3)c2)c(OC)c1. The lowest BCUT2D eigenvalue weighted by atomic mass is 10.1. The third-order valence-corrected chi connectivity index (χ3v) is 4.47. The molecule has 0 aliphatic rings. The summed E-state index contributed by atoms with van der Waals surface area (Å²) in [4.78, 5) is 29.2. The molecule has 0 aliphatic carbocycles. The number of hydrogen-bond acceptors (Lipinski definition) is 5. The monoisotopic (exact) mass is 455 g/mol. The van der Waals surface area contributed by atoms with Crippen LogP contribution in [0.1, 0.15) is 20.7 Å². The highest BCUT2D eigenvalue weighted by Gasteiger charge is 2.15. The average molecular weight is 456 g/mol. The second-order valence-electron chi connectivity index (χ2n) is 5.92. The molecule has 1 heterocycles. The number of benzene rings is 2. The third-order valence-electron chi connectivity index (χ3n) is 4.00. The van der Waals surface area contributed by atoms with Gasteiger partial charge in [0.1, 0.15) is 17.3 Å². The second kappa shape index (κ2) is 9.20. The molecule has 29 heavy (non-hydrogen) atoms. The van der Waals surface area contributed by atoms with Gasteiger partial charge in [-0.3, -0.25) is 9.59 Å². The van der Waals surface area contributed by atoms with Crippen LogP contribution in [0.15, 0.2) is 65.3 Å². The lowest BCUT2D eigenvalue weighted by Crippen LogP contribution is -2.15. The summed E-state index contributed by atoms with van der Waals surface area (Å²) in [5.74, 6) is 0.695. The number of rotatable bonds is 6. The summed E-state index contributed by atoms with van der Waals surface area (Å²) in [6, 6.07) is 15.0. The number of carbonyl (C=O) groups excluding carboxylic acids is 2. The second-order valence-corrected chi connectivity index (χ2v) is 6.83. The zero-order chi connectivity index (χ0) is 20.8. The van der Waals surface area contributed by atoms with Crippen LogP contribution in [0.3, 0.4) is 0 Å². The van der Waals surface area contributed by atoms with E-state index in [0.29, 0.717) is 34.1 Å². The van der Waals surface area contributed by atoms with Gasteiger partial charge in [0.15, 0.2) is 0 Å². The molecule has 1 aromatic heterocycles. The van der Waals surface area contributed by atoms with Gasteiger partial charge < -0.3 is 20.1 Å². The van der Waals surface area contributed by atoms with Crippen molar-refractivity contribution < 1.29 is 19.1 Å². The molecular formula is C21H18BrN3O4. The Hall–Kier alpha value is -3.39. The van der Waals surface area contributed by atoms with Gasteiger partial charge in [0.05, 0.1) is 19.8 Å². The van der Waals surface area contributed by atoms with E-state index in [1.807, 2.05) is 0 Å². The fraction of sp³-hybridized carbons (Fsp3) is 0.0952. The van der Waals surface area contributed by atoms with E-state index in [2.05, 4.69) is 31.5 Å². The van der Waals surface area contributed by atoms with Crippen molar-refractivity contribution in [2.75, 3.05) is 24.9 Å². The minimum Gasteiger partial charge on any atom is -0.497 e. The fourth-order valence-electron chi connectivity index (χ4n) is 2.56. The van der Waals surface area contributed by atoms with Crippen molar-refractivity contribution in [2.45, 2.75) is 0 Å². The number of anilines is 2. The summed E-state index contributed by atoms with van der Waals surface area (Å²) in [6.45, 7) is 0. The Bertz CT molecular complexity index is 1040. The van der Waals surface area contributed by atoms with Crippen molar-refractivity contribution in [2.24, 2.45) is 0 Å². The Balaban J connectivity index is 1.75. The zero-order valence-electron chi connectivity index (χ0n) is 15.7. The van der Waals surface area contributed by atoms with Gasteiger partial charge in [-0.15, -0.1) is 0 Å². The smallest absolute Gasteiger partial charge is 0.259 e. The van der Waals surface area contributed by atoms with Gasteiger partial charge in [-0.25, -0.2) is 4.98 Å². The number of methoxy groups -OCH3 is 2. The van der Waals surface area contributed by atoms with E-state index in [9.17, 15) is 9.59 Å². The van der Waals surface area contributed by atoms with Crippen LogP contribution in [0, 0.1) is 0 Å². The number of halogens is 1. The van der Waals surface area contributed by atoms with Crippen molar-refractivity contribution in [3.8, 4) is 11.5 Å². The minimum atomic E-state index is -0.364. The van der Waals surface area contributed by atoms with Crippen LogP contribution in [-0.2, 0) is 0 Å². The van der Waals surface area contributed by atoms with E-state index in [4.69, 9.17) is 9.47 Å². The number of ether oxygens (including phenoxy) is 2. The zero-order valence-corrected chi connectivity index (χ0v) is 17.3. The first-order valence-electron chi connectivity index (χ1n) is 8.56. The third kappa shape index (κ3) is 5.11. The molecule has 0 unspecified atom stereocenters. The van der Waals surface area contributed by atoms with Crippen molar-refractivity contribution in [1.29, 1.82) is 0 Å². The average Bonchev–Trinajstić information content (AvgIpc) is 2.75. The molecule has 0 aliphatic heterocycles. The fourth-order valence-corrected chi connectivity index (χ4v) is 2.80. The standard InChI is InChI=1S/C21H18BrN3O4/c1-28-16-7-8-17(18(11-16)29-2)21(27)24-15-5-3-4-13(10-15)20(26)25-19-9-6-14(22)12-23-19/h3-12H,1-2H3,(H,24,27)(H,23,25,26). The normalized spacial score (nSPS) is 10.2. The molecule has 0 saturated carbocycles. The van der Waals surface area contributed by atoms with Crippen molar-refractivity contribution in [3.05, 3.63) is 76.4 Å². The molecule has 0 radical (unpaired) electrons. The molecule has 0 bridgehead atoms. The van der Waals surface area contributed by atoms with Gasteiger partial charge >= 0.3 is 0 Å². The Morgan fingerprint density at radius 3 is 2.45 bits per heavy atom. The van der Waals surface area contributed by atoms with Crippen LogP contribution in [-0.4, -0.2) is 31.0 Å². The van der Waals surface area contributed by atoms with E-state index in [1.165, 1.54) is 14.2 Å². The van der Waals surface area contributed by atoms with Gasteiger partial charge in [0, 0.05) is 28.0 Å². The maximum absolute atomic E-state index is 12.7. The highest BCUT2D eigenvalue weighted by atomic mass is 79.9. The van der Waals surface area contributed by atoms with Gasteiger partial charge in [-0.1, -0.05) is 6.07 Å². The number of nitrogens with one attached hydrogen (secondary N) is 2. The highest BCUT2D eigenvalue weighted by Crippen LogP contribution is 2.25. The molecule has 0 fully saturated rings. The van der Waals surface area contributed by atoms with E-state index in [-0.39, 0.29) is 11.8 Å². The van der Waals surface area contributed by atoms with E-state index in [1.54, 1.807) is 60.8 Å². The van der Waals surface area contributed by atoms with Gasteiger partial charge in [0.25, 0.3) is 11.8 Å². The predicted molar refractivity (Wildman–Crippen MR) is 114 cm³/mol. The number of carbonyl (C=O) groups is 2. The molecule has 0 spiro atoms. The summed E-state index contributed by atoms with van der Waals surface area (Å²) in [5, 5.41) is 5.49. The van der Waals surface area contributed by atoms with Crippen LogP contribution >= 0.6 is 15.9 Å². The molecule has 0 atom stereocenters. The first kappa shape index (κ1) is 20.3. The summed E-state index contributed by atoms with van der Waals surface area (Å²) in [5.41, 5.74) is 1.21. The molecule has 7 nitrogen and oxygen atoms in total. The number of hydrogen-bond donors (Lipinski definition) is 2. The molecule has 148 valence electrons. The number of nitrogens with zero attached hydrogens (tertiary/aromatic N) is 1. The largest absolute Gasteiger partial charge is 0.497 e. The molecule has 2 amide bonds. The predicted octanol–water partition coefficient (Wildman–Crippen LogP) is 4.37. The molecular weight excluding hydrogens is 438 g/mol. The number of amides is 2. The van der Waals surface area contributed by atoms with Crippen LogP contribution in [0.5, 0.6) is 11.5 Å². The Morgan fingerprint density at radius 2 is 1.76 bits per heavy atom. The van der Waals surface area contributed by atoms with Crippen molar-refractivity contribution in [1.82, 2.24) is 4.98 Å². The lowest BCUT2D eigenvalue weighted by Gasteiger charge is -2.11. The first-order valence-corrected chi connectivity index (χ1v) is 9.36. The molecule has 0 saturated heterocycles. The van der Waals surface area contributed by atoms with Crippen LogP contribution in [0.25, 0.3) is 0 Å². The van der Waals surface area contributed by atoms with E-state index < -0.39 is 0 Å². The molecule has 2 N–H and O–H groups in total. The lowest BCUT2D eigenvalue weighted by molar-refractivity contribution is 0.101. The molecule has 3 rings (SSSR count). The Morgan fingerprint density at radius 1 is 0.931 bits per heavy atom. The maximum atomic E-state index is 12.7.